The van der Waals surface area contributed by atoms with Crippen LogP contribution < -0.4 is 5.73 Å². The van der Waals surface area contributed by atoms with Crippen molar-refractivity contribution in [3.8, 4) is 0 Å². The molecule has 1 rings (SSSR count). The Kier molecular flexibility index (Phi) is 6.90. The van der Waals surface area contributed by atoms with Crippen molar-refractivity contribution in [1.29, 1.82) is 0 Å². The molecule has 18 heavy (non-hydrogen) atoms. The third-order valence-corrected chi connectivity index (χ3v) is 3.65. The molecule has 0 amide bonds. The highest BCUT2D eigenvalue weighted by Gasteiger charge is 2.22. The summed E-state index contributed by atoms with van der Waals surface area (Å²) in [5, 5.41) is 0. The van der Waals surface area contributed by atoms with Crippen molar-refractivity contribution in [2.24, 2.45) is 5.73 Å². The fraction of sp³-hybridized carbons (Fsp3) is 0.600. The average molecular weight is 313 g/mol. The molecule has 2 unspecified atom stereocenters. The highest BCUT2D eigenvalue weighted by Crippen LogP contribution is 2.25. The summed E-state index contributed by atoms with van der Waals surface area (Å²) in [4.78, 5) is 2.51. The maximum Gasteiger partial charge on any atom is 0.0496 e. The molecule has 2 nitrogen and oxygen atoms in total. The maximum atomic E-state index is 6.21. The molecule has 1 aromatic carbocycles. The minimum absolute atomic E-state index is 0.143. The lowest BCUT2D eigenvalue weighted by Gasteiger charge is -2.34. The van der Waals surface area contributed by atoms with Crippen molar-refractivity contribution in [2.45, 2.75) is 45.7 Å². The standard InChI is InChI=1S/C15H25BrN2/c1-4-10-18(11-5-2)15(12(3)17)13-6-8-14(16)9-7-13/h6-9,12,15H,4-5,10-11,17H2,1-3H3. The van der Waals surface area contributed by atoms with E-state index in [9.17, 15) is 0 Å². The summed E-state index contributed by atoms with van der Waals surface area (Å²) in [5.74, 6) is 0. The fourth-order valence-corrected chi connectivity index (χ4v) is 2.74. The van der Waals surface area contributed by atoms with Crippen LogP contribution in [-0.4, -0.2) is 24.0 Å². The molecule has 0 aliphatic rings. The Hall–Kier alpha value is -0.380. The summed E-state index contributed by atoms with van der Waals surface area (Å²) in [5.41, 5.74) is 7.53. The van der Waals surface area contributed by atoms with Crippen LogP contribution in [0.25, 0.3) is 0 Å². The molecule has 102 valence electrons. The zero-order valence-corrected chi connectivity index (χ0v) is 13.3. The molecule has 0 bridgehead atoms. The monoisotopic (exact) mass is 312 g/mol. The van der Waals surface area contributed by atoms with Gasteiger partial charge in [0.05, 0.1) is 0 Å². The summed E-state index contributed by atoms with van der Waals surface area (Å²) < 4.78 is 1.12. The summed E-state index contributed by atoms with van der Waals surface area (Å²) in [7, 11) is 0. The van der Waals surface area contributed by atoms with Gasteiger partial charge in [-0.2, -0.15) is 0 Å². The van der Waals surface area contributed by atoms with Gasteiger partial charge in [-0.15, -0.1) is 0 Å². The van der Waals surface area contributed by atoms with Crippen molar-refractivity contribution >= 4 is 15.9 Å². The molecule has 0 heterocycles. The molecule has 0 aromatic heterocycles. The predicted octanol–water partition coefficient (Wildman–Crippen LogP) is 3.96. The first-order chi connectivity index (χ1) is 8.60. The second kappa shape index (κ2) is 7.93. The molecule has 0 saturated heterocycles. The number of nitrogens with two attached hydrogens (primary N) is 1. The first-order valence-electron chi connectivity index (χ1n) is 6.85. The number of rotatable bonds is 7. The van der Waals surface area contributed by atoms with Gasteiger partial charge in [-0.3, -0.25) is 4.90 Å². The van der Waals surface area contributed by atoms with Gasteiger partial charge in [-0.05, 0) is 50.6 Å². The normalized spacial score (nSPS) is 14.8. The summed E-state index contributed by atoms with van der Waals surface area (Å²) >= 11 is 3.49. The maximum absolute atomic E-state index is 6.21. The zero-order chi connectivity index (χ0) is 13.5. The molecule has 3 heteroatoms. The largest absolute Gasteiger partial charge is 0.326 e. The molecule has 0 aliphatic carbocycles. The SMILES string of the molecule is CCCN(CCC)C(c1ccc(Br)cc1)C(C)N. The van der Waals surface area contributed by atoms with Crippen LogP contribution in [0.3, 0.4) is 0 Å². The van der Waals surface area contributed by atoms with Crippen molar-refractivity contribution in [3.05, 3.63) is 34.3 Å². The van der Waals surface area contributed by atoms with Gasteiger partial charge in [-0.25, -0.2) is 0 Å². The van der Waals surface area contributed by atoms with E-state index < -0.39 is 0 Å². The highest BCUT2D eigenvalue weighted by molar-refractivity contribution is 9.10. The van der Waals surface area contributed by atoms with Crippen LogP contribution in [0.15, 0.2) is 28.7 Å². The molecule has 2 N–H and O–H groups in total. The average Bonchev–Trinajstić information content (AvgIpc) is 2.32. The van der Waals surface area contributed by atoms with E-state index in [1.807, 2.05) is 0 Å². The Balaban J connectivity index is 2.95. The second-order valence-corrected chi connectivity index (χ2v) is 5.81. The molecule has 0 aliphatic heterocycles. The van der Waals surface area contributed by atoms with Crippen LogP contribution in [0.4, 0.5) is 0 Å². The van der Waals surface area contributed by atoms with E-state index in [4.69, 9.17) is 5.73 Å². The molecule has 2 atom stereocenters. The van der Waals surface area contributed by atoms with Gasteiger partial charge in [0.1, 0.15) is 0 Å². The third kappa shape index (κ3) is 4.38. The van der Waals surface area contributed by atoms with Gasteiger partial charge in [-0.1, -0.05) is 41.9 Å². The van der Waals surface area contributed by atoms with E-state index in [-0.39, 0.29) is 6.04 Å². The van der Waals surface area contributed by atoms with Crippen LogP contribution in [0, 0.1) is 0 Å². The van der Waals surface area contributed by atoms with Crippen LogP contribution in [0.1, 0.15) is 45.2 Å². The molecular formula is C15H25BrN2. The lowest BCUT2D eigenvalue weighted by atomic mass is 9.98. The quantitative estimate of drug-likeness (QED) is 0.825. The van der Waals surface area contributed by atoms with E-state index >= 15 is 0 Å². The molecule has 0 fully saturated rings. The fourth-order valence-electron chi connectivity index (χ4n) is 2.47. The van der Waals surface area contributed by atoms with Gasteiger partial charge >= 0.3 is 0 Å². The second-order valence-electron chi connectivity index (χ2n) is 4.89. The Morgan fingerprint density at radius 2 is 1.61 bits per heavy atom. The zero-order valence-electron chi connectivity index (χ0n) is 11.7. The van der Waals surface area contributed by atoms with Crippen LogP contribution >= 0.6 is 15.9 Å². The van der Waals surface area contributed by atoms with Crippen molar-refractivity contribution < 1.29 is 0 Å². The van der Waals surface area contributed by atoms with Crippen molar-refractivity contribution in [1.82, 2.24) is 4.90 Å². The van der Waals surface area contributed by atoms with Gasteiger partial charge in [0, 0.05) is 16.6 Å². The Morgan fingerprint density at radius 3 is 2.00 bits per heavy atom. The first-order valence-corrected chi connectivity index (χ1v) is 7.64. The highest BCUT2D eigenvalue weighted by atomic mass is 79.9. The van der Waals surface area contributed by atoms with E-state index in [2.05, 4.69) is 65.9 Å². The minimum atomic E-state index is 0.143. The van der Waals surface area contributed by atoms with Crippen molar-refractivity contribution in [2.75, 3.05) is 13.1 Å². The molecule has 0 radical (unpaired) electrons. The minimum Gasteiger partial charge on any atom is -0.326 e. The molecular weight excluding hydrogens is 288 g/mol. The number of nitrogens with zero attached hydrogens (tertiary/aromatic N) is 1. The Labute approximate surface area is 120 Å². The Morgan fingerprint density at radius 1 is 1.11 bits per heavy atom. The number of hydrogen-bond donors (Lipinski definition) is 1. The number of halogens is 1. The van der Waals surface area contributed by atoms with Gasteiger partial charge in [0.2, 0.25) is 0 Å². The topological polar surface area (TPSA) is 29.3 Å². The first kappa shape index (κ1) is 15.7. The smallest absolute Gasteiger partial charge is 0.0496 e. The number of hydrogen-bond acceptors (Lipinski definition) is 2. The van der Waals surface area contributed by atoms with Gasteiger partial charge in [0.25, 0.3) is 0 Å². The molecule has 0 spiro atoms. The number of benzene rings is 1. The molecule has 1 aromatic rings. The summed E-state index contributed by atoms with van der Waals surface area (Å²) in [6, 6.07) is 9.01. The van der Waals surface area contributed by atoms with Crippen LogP contribution in [-0.2, 0) is 0 Å². The lowest BCUT2D eigenvalue weighted by Crippen LogP contribution is -2.40. The molecule has 0 saturated carbocycles. The van der Waals surface area contributed by atoms with Crippen molar-refractivity contribution in [3.63, 3.8) is 0 Å². The Bertz CT molecular complexity index is 329. The predicted molar refractivity (Wildman–Crippen MR) is 82.7 cm³/mol. The van der Waals surface area contributed by atoms with E-state index in [0.717, 1.165) is 17.6 Å². The van der Waals surface area contributed by atoms with Crippen LogP contribution in [0.2, 0.25) is 0 Å². The van der Waals surface area contributed by atoms with Gasteiger partial charge < -0.3 is 5.73 Å². The van der Waals surface area contributed by atoms with E-state index in [0.29, 0.717) is 6.04 Å². The van der Waals surface area contributed by atoms with E-state index in [1.165, 1.54) is 18.4 Å². The summed E-state index contributed by atoms with van der Waals surface area (Å²) in [6.07, 6.45) is 2.33. The van der Waals surface area contributed by atoms with Gasteiger partial charge in [0.15, 0.2) is 0 Å². The van der Waals surface area contributed by atoms with E-state index in [1.54, 1.807) is 0 Å². The third-order valence-electron chi connectivity index (χ3n) is 3.12. The van der Waals surface area contributed by atoms with Crippen LogP contribution in [0.5, 0.6) is 0 Å². The summed E-state index contributed by atoms with van der Waals surface area (Å²) in [6.45, 7) is 8.77. The lowest BCUT2D eigenvalue weighted by molar-refractivity contribution is 0.176.